The minimum absolute atomic E-state index is 0.00706. The molecule has 1 aromatic carbocycles. The Hall–Kier alpha value is -1.01. The lowest BCUT2D eigenvalue weighted by Gasteiger charge is -2.14. The highest BCUT2D eigenvalue weighted by molar-refractivity contribution is 9.10. The Bertz CT molecular complexity index is 481. The molecule has 1 aliphatic heterocycles. The summed E-state index contributed by atoms with van der Waals surface area (Å²) in [6.07, 6.45) is 0. The van der Waals surface area contributed by atoms with Crippen molar-refractivity contribution in [2.75, 3.05) is 18.4 Å². The van der Waals surface area contributed by atoms with Crippen molar-refractivity contribution in [2.45, 2.75) is 6.92 Å². The van der Waals surface area contributed by atoms with E-state index in [2.05, 4.69) is 26.6 Å². The summed E-state index contributed by atoms with van der Waals surface area (Å²) in [5.74, 6) is -1.70. The fourth-order valence-corrected chi connectivity index (χ4v) is 2.35. The molecule has 1 amide bonds. The van der Waals surface area contributed by atoms with Crippen molar-refractivity contribution < 1.29 is 13.6 Å². The van der Waals surface area contributed by atoms with Crippen molar-refractivity contribution in [1.29, 1.82) is 0 Å². The lowest BCUT2D eigenvalue weighted by atomic mass is 9.97. The van der Waals surface area contributed by atoms with Gasteiger partial charge in [0.25, 0.3) is 0 Å². The van der Waals surface area contributed by atoms with Gasteiger partial charge in [0.05, 0.1) is 16.1 Å². The molecule has 1 aromatic rings. The Morgan fingerprint density at radius 3 is 2.72 bits per heavy atom. The minimum Gasteiger partial charge on any atom is -0.323 e. The number of carbonyl (C=O) groups excluding carboxylic acids is 1. The Kier molecular flexibility index (Phi) is 3.97. The zero-order chi connectivity index (χ0) is 13.3. The van der Waals surface area contributed by atoms with Crippen molar-refractivity contribution in [1.82, 2.24) is 5.32 Å². The van der Waals surface area contributed by atoms with E-state index in [0.717, 1.165) is 12.6 Å². The lowest BCUT2D eigenvalue weighted by molar-refractivity contribution is -0.120. The summed E-state index contributed by atoms with van der Waals surface area (Å²) in [5, 5.41) is 5.60. The molecule has 1 heterocycles. The third kappa shape index (κ3) is 2.70. The van der Waals surface area contributed by atoms with Crippen molar-refractivity contribution >= 4 is 27.5 Å². The number of halogens is 3. The molecule has 3 nitrogen and oxygen atoms in total. The van der Waals surface area contributed by atoms with Gasteiger partial charge in [0.15, 0.2) is 0 Å². The predicted molar refractivity (Wildman–Crippen MR) is 68.2 cm³/mol. The van der Waals surface area contributed by atoms with Gasteiger partial charge in [-0.1, -0.05) is 6.92 Å². The van der Waals surface area contributed by atoms with Crippen molar-refractivity contribution in [3.8, 4) is 0 Å². The molecule has 0 aliphatic carbocycles. The van der Waals surface area contributed by atoms with Crippen LogP contribution in [0, 0.1) is 23.5 Å². The molecule has 1 saturated heterocycles. The predicted octanol–water partition coefficient (Wildman–Crippen LogP) is 2.52. The van der Waals surface area contributed by atoms with Crippen LogP contribution >= 0.6 is 15.9 Å². The first kappa shape index (κ1) is 13.4. The van der Waals surface area contributed by atoms with Crippen LogP contribution in [-0.4, -0.2) is 19.0 Å². The maximum absolute atomic E-state index is 13.5. The van der Waals surface area contributed by atoms with Gasteiger partial charge >= 0.3 is 0 Å². The number of anilines is 1. The number of nitrogens with one attached hydrogen (secondary N) is 2. The zero-order valence-corrected chi connectivity index (χ0v) is 11.4. The van der Waals surface area contributed by atoms with Crippen LogP contribution in [0.3, 0.4) is 0 Å². The Morgan fingerprint density at radius 2 is 2.11 bits per heavy atom. The molecule has 1 fully saturated rings. The number of amides is 1. The summed E-state index contributed by atoms with van der Waals surface area (Å²) >= 11 is 2.96. The third-order valence-electron chi connectivity index (χ3n) is 3.12. The summed E-state index contributed by atoms with van der Waals surface area (Å²) in [7, 11) is 0. The Balaban J connectivity index is 2.14. The van der Waals surface area contributed by atoms with E-state index in [4.69, 9.17) is 0 Å². The molecule has 0 spiro atoms. The second kappa shape index (κ2) is 5.32. The smallest absolute Gasteiger partial charge is 0.229 e. The van der Waals surface area contributed by atoms with E-state index in [-0.39, 0.29) is 27.9 Å². The van der Waals surface area contributed by atoms with Crippen LogP contribution in [0.4, 0.5) is 14.5 Å². The summed E-state index contributed by atoms with van der Waals surface area (Å²) in [6, 6.07) is 1.98. The van der Waals surface area contributed by atoms with Gasteiger partial charge in [0.2, 0.25) is 5.91 Å². The molecular formula is C12H13BrF2N2O. The van der Waals surface area contributed by atoms with Gasteiger partial charge in [0, 0.05) is 12.6 Å². The van der Waals surface area contributed by atoms with Gasteiger partial charge in [-0.05, 0) is 34.5 Å². The monoisotopic (exact) mass is 318 g/mol. The minimum atomic E-state index is -0.775. The number of hydrogen-bond donors (Lipinski definition) is 2. The molecule has 0 aromatic heterocycles. The maximum Gasteiger partial charge on any atom is 0.229 e. The van der Waals surface area contributed by atoms with Gasteiger partial charge in [0.1, 0.15) is 11.6 Å². The van der Waals surface area contributed by atoms with Crippen molar-refractivity contribution in [2.24, 2.45) is 11.8 Å². The molecule has 18 heavy (non-hydrogen) atoms. The zero-order valence-electron chi connectivity index (χ0n) is 9.77. The normalized spacial score (nSPS) is 23.1. The van der Waals surface area contributed by atoms with Crippen molar-refractivity contribution in [3.63, 3.8) is 0 Å². The average molecular weight is 319 g/mol. The Morgan fingerprint density at radius 1 is 1.39 bits per heavy atom. The molecule has 2 atom stereocenters. The highest BCUT2D eigenvalue weighted by Crippen LogP contribution is 2.25. The van der Waals surface area contributed by atoms with Gasteiger partial charge in [-0.3, -0.25) is 4.79 Å². The molecule has 1 aliphatic rings. The van der Waals surface area contributed by atoms with Crippen LogP contribution < -0.4 is 10.6 Å². The highest BCUT2D eigenvalue weighted by atomic mass is 79.9. The second-order valence-corrected chi connectivity index (χ2v) is 5.33. The molecule has 2 rings (SSSR count). The number of carbonyl (C=O) groups is 1. The first-order chi connectivity index (χ1) is 8.49. The van der Waals surface area contributed by atoms with Gasteiger partial charge < -0.3 is 10.6 Å². The van der Waals surface area contributed by atoms with E-state index in [1.54, 1.807) is 0 Å². The molecule has 0 bridgehead atoms. The van der Waals surface area contributed by atoms with E-state index >= 15 is 0 Å². The average Bonchev–Trinajstić information content (AvgIpc) is 2.72. The topological polar surface area (TPSA) is 41.1 Å². The number of benzene rings is 1. The fourth-order valence-electron chi connectivity index (χ4n) is 2.00. The van der Waals surface area contributed by atoms with E-state index < -0.39 is 11.6 Å². The third-order valence-corrected chi connectivity index (χ3v) is 3.73. The lowest BCUT2D eigenvalue weighted by Crippen LogP contribution is -2.28. The number of hydrogen-bond acceptors (Lipinski definition) is 2. The van der Waals surface area contributed by atoms with E-state index in [9.17, 15) is 13.6 Å². The summed E-state index contributed by atoms with van der Waals surface area (Å²) in [4.78, 5) is 11.9. The standard InChI is InChI=1S/C12H13BrF2N2O/c1-6-4-16-5-7(6)12(18)17-11-2-8(13)9(14)3-10(11)15/h2-3,6-7,16H,4-5H2,1H3,(H,17,18)/t6-,7-/m1/s1. The van der Waals surface area contributed by atoms with Crippen LogP contribution in [-0.2, 0) is 4.79 Å². The molecule has 0 saturated carbocycles. The Labute approximate surface area is 112 Å². The quantitative estimate of drug-likeness (QED) is 0.823. The largest absolute Gasteiger partial charge is 0.323 e. The van der Waals surface area contributed by atoms with Crippen LogP contribution in [0.2, 0.25) is 0 Å². The molecule has 2 N–H and O–H groups in total. The molecule has 98 valence electrons. The first-order valence-corrected chi connectivity index (χ1v) is 6.44. The van der Waals surface area contributed by atoms with E-state index in [0.29, 0.717) is 6.54 Å². The van der Waals surface area contributed by atoms with Crippen LogP contribution in [0.1, 0.15) is 6.92 Å². The fraction of sp³-hybridized carbons (Fsp3) is 0.417. The molecule has 6 heteroatoms. The first-order valence-electron chi connectivity index (χ1n) is 5.65. The SMILES string of the molecule is C[C@@H]1CNC[C@H]1C(=O)Nc1cc(Br)c(F)cc1F. The van der Waals surface area contributed by atoms with Gasteiger partial charge in [-0.25, -0.2) is 8.78 Å². The maximum atomic E-state index is 13.5. The van der Waals surface area contributed by atoms with Crippen molar-refractivity contribution in [3.05, 3.63) is 28.2 Å². The molecular weight excluding hydrogens is 306 g/mol. The van der Waals surface area contributed by atoms with Gasteiger partial charge in [-0.2, -0.15) is 0 Å². The molecule has 0 unspecified atom stereocenters. The van der Waals surface area contributed by atoms with Crippen LogP contribution in [0.5, 0.6) is 0 Å². The summed E-state index contributed by atoms with van der Waals surface area (Å²) in [6.45, 7) is 3.31. The highest BCUT2D eigenvalue weighted by Gasteiger charge is 2.30. The number of rotatable bonds is 2. The van der Waals surface area contributed by atoms with E-state index in [1.807, 2.05) is 6.92 Å². The van der Waals surface area contributed by atoms with Gasteiger partial charge in [-0.15, -0.1) is 0 Å². The van der Waals surface area contributed by atoms with Crippen LogP contribution in [0.25, 0.3) is 0 Å². The summed E-state index contributed by atoms with van der Waals surface area (Å²) in [5.41, 5.74) is -0.00706. The summed E-state index contributed by atoms with van der Waals surface area (Å²) < 4.78 is 26.7. The molecule has 0 radical (unpaired) electrons. The second-order valence-electron chi connectivity index (χ2n) is 4.48. The van der Waals surface area contributed by atoms with E-state index in [1.165, 1.54) is 6.07 Å². The van der Waals surface area contributed by atoms with Crippen LogP contribution in [0.15, 0.2) is 16.6 Å².